The maximum Gasteiger partial charge on any atom is 0.317 e. The summed E-state index contributed by atoms with van der Waals surface area (Å²) in [6.45, 7) is 4.67. The fourth-order valence-corrected chi connectivity index (χ4v) is 5.00. The molecular formula is C20H27NO6. The lowest BCUT2D eigenvalue weighted by Crippen LogP contribution is -2.54. The number of carbonyl (C=O) groups excluding carboxylic acids is 1. The van der Waals surface area contributed by atoms with E-state index in [4.69, 9.17) is 23.7 Å². The van der Waals surface area contributed by atoms with E-state index in [-0.39, 0.29) is 12.0 Å². The summed E-state index contributed by atoms with van der Waals surface area (Å²) in [6.07, 6.45) is 1.30. The van der Waals surface area contributed by atoms with Gasteiger partial charge in [-0.3, -0.25) is 9.69 Å². The smallest absolute Gasteiger partial charge is 0.317 e. The minimum absolute atomic E-state index is 0.0568. The Balaban J connectivity index is 1.83. The van der Waals surface area contributed by atoms with Gasteiger partial charge < -0.3 is 23.7 Å². The number of ether oxygens (including phenoxy) is 5. The lowest BCUT2D eigenvalue weighted by atomic mass is 9.68. The average molecular weight is 377 g/mol. The molecule has 3 heterocycles. The van der Waals surface area contributed by atoms with E-state index in [0.717, 1.165) is 24.2 Å². The summed E-state index contributed by atoms with van der Waals surface area (Å²) in [5, 5.41) is 0. The topological polar surface area (TPSA) is 66.5 Å². The second kappa shape index (κ2) is 6.65. The first-order valence-corrected chi connectivity index (χ1v) is 9.33. The van der Waals surface area contributed by atoms with Crippen LogP contribution in [0, 0.1) is 0 Å². The molecule has 7 nitrogen and oxygen atoms in total. The van der Waals surface area contributed by atoms with Crippen molar-refractivity contribution in [2.45, 2.75) is 43.6 Å². The molecule has 2 fully saturated rings. The van der Waals surface area contributed by atoms with Gasteiger partial charge in [0.1, 0.15) is 5.41 Å². The highest BCUT2D eigenvalue weighted by atomic mass is 16.7. The predicted molar refractivity (Wildman–Crippen MR) is 97.0 cm³/mol. The van der Waals surface area contributed by atoms with E-state index in [2.05, 4.69) is 4.90 Å². The van der Waals surface area contributed by atoms with Crippen molar-refractivity contribution in [2.75, 3.05) is 41.1 Å². The van der Waals surface area contributed by atoms with Gasteiger partial charge in [0.15, 0.2) is 17.3 Å². The monoisotopic (exact) mass is 377 g/mol. The van der Waals surface area contributed by atoms with Crippen LogP contribution in [0.1, 0.15) is 30.9 Å². The second-order valence-electron chi connectivity index (χ2n) is 7.60. The molecule has 0 spiro atoms. The molecule has 0 aromatic heterocycles. The Morgan fingerprint density at radius 1 is 1.19 bits per heavy atom. The molecule has 0 saturated carbocycles. The number of rotatable bonds is 5. The molecule has 148 valence electrons. The van der Waals surface area contributed by atoms with E-state index in [9.17, 15) is 4.79 Å². The van der Waals surface area contributed by atoms with Gasteiger partial charge >= 0.3 is 5.97 Å². The summed E-state index contributed by atoms with van der Waals surface area (Å²) < 4.78 is 28.0. The fraction of sp³-hybridized carbons (Fsp3) is 0.650. The van der Waals surface area contributed by atoms with E-state index in [0.29, 0.717) is 37.6 Å². The SMILES string of the molecule is COC(=O)[C@]12CCN(Cc3cc(OC)c(OC)cc31)[C@H]2CC1(C)OCCO1. The molecule has 0 N–H and O–H groups in total. The number of carbonyl (C=O) groups is 1. The van der Waals surface area contributed by atoms with Crippen molar-refractivity contribution in [3.05, 3.63) is 23.3 Å². The molecule has 27 heavy (non-hydrogen) atoms. The number of fused-ring (bicyclic) bond motifs is 4. The van der Waals surface area contributed by atoms with Crippen molar-refractivity contribution in [1.29, 1.82) is 0 Å². The van der Waals surface area contributed by atoms with Gasteiger partial charge in [-0.05, 0) is 36.6 Å². The normalized spacial score (nSPS) is 30.7. The molecule has 2 saturated heterocycles. The van der Waals surface area contributed by atoms with Gasteiger partial charge in [0.2, 0.25) is 0 Å². The van der Waals surface area contributed by atoms with Crippen LogP contribution in [0.2, 0.25) is 0 Å². The van der Waals surface area contributed by atoms with Crippen molar-refractivity contribution in [1.82, 2.24) is 4.90 Å². The van der Waals surface area contributed by atoms with Crippen LogP contribution < -0.4 is 9.47 Å². The standard InChI is InChI=1S/C20H27NO6/c1-19(26-7-8-27-19)11-17-20(18(22)25-4)5-6-21(17)12-13-9-15(23-2)16(24-3)10-14(13)20/h9-10,17H,5-8,11-12H2,1-4H3/t17-,20+/m0/s1. The summed E-state index contributed by atoms with van der Waals surface area (Å²) in [7, 11) is 4.68. The van der Waals surface area contributed by atoms with Gasteiger partial charge in [0.25, 0.3) is 0 Å². The first-order chi connectivity index (χ1) is 13.0. The van der Waals surface area contributed by atoms with Crippen LogP contribution in [0.15, 0.2) is 12.1 Å². The van der Waals surface area contributed by atoms with Crippen molar-refractivity contribution in [3.8, 4) is 11.5 Å². The second-order valence-corrected chi connectivity index (χ2v) is 7.60. The summed E-state index contributed by atoms with van der Waals surface area (Å²) in [5.41, 5.74) is 1.28. The lowest BCUT2D eigenvalue weighted by Gasteiger charge is -2.44. The summed E-state index contributed by atoms with van der Waals surface area (Å²) >= 11 is 0. The van der Waals surface area contributed by atoms with Gasteiger partial charge in [-0.1, -0.05) is 0 Å². The average Bonchev–Trinajstić information content (AvgIpc) is 3.21. The van der Waals surface area contributed by atoms with Crippen LogP contribution in [0.5, 0.6) is 11.5 Å². The third kappa shape index (κ3) is 2.71. The Labute approximate surface area is 159 Å². The molecule has 0 amide bonds. The minimum Gasteiger partial charge on any atom is -0.493 e. The zero-order valence-electron chi connectivity index (χ0n) is 16.4. The van der Waals surface area contributed by atoms with Crippen molar-refractivity contribution in [2.24, 2.45) is 0 Å². The predicted octanol–water partition coefficient (Wildman–Crippen LogP) is 1.86. The Morgan fingerprint density at radius 3 is 2.48 bits per heavy atom. The van der Waals surface area contributed by atoms with Crippen LogP contribution in [0.3, 0.4) is 0 Å². The van der Waals surface area contributed by atoms with Gasteiger partial charge in [-0.25, -0.2) is 0 Å². The summed E-state index contributed by atoms with van der Waals surface area (Å²) in [5.74, 6) is 0.397. The largest absolute Gasteiger partial charge is 0.493 e. The molecule has 1 aromatic rings. The molecule has 1 aromatic carbocycles. The van der Waals surface area contributed by atoms with Gasteiger partial charge in [-0.15, -0.1) is 0 Å². The first kappa shape index (κ1) is 18.5. The molecule has 4 rings (SSSR count). The quantitative estimate of drug-likeness (QED) is 0.726. The van der Waals surface area contributed by atoms with E-state index in [1.807, 2.05) is 19.1 Å². The van der Waals surface area contributed by atoms with Crippen molar-refractivity contribution < 1.29 is 28.5 Å². The number of benzene rings is 1. The molecule has 2 bridgehead atoms. The number of methoxy groups -OCH3 is 3. The third-order valence-electron chi connectivity index (χ3n) is 6.28. The summed E-state index contributed by atoms with van der Waals surface area (Å²) in [6, 6.07) is 3.86. The maximum atomic E-state index is 13.1. The van der Waals surface area contributed by atoms with Crippen LogP contribution in [0.4, 0.5) is 0 Å². The van der Waals surface area contributed by atoms with Crippen LogP contribution in [-0.4, -0.2) is 63.8 Å². The Morgan fingerprint density at radius 2 is 1.85 bits per heavy atom. The number of hydrogen-bond acceptors (Lipinski definition) is 7. The zero-order valence-corrected chi connectivity index (χ0v) is 16.4. The maximum absolute atomic E-state index is 13.1. The van der Waals surface area contributed by atoms with E-state index in [1.54, 1.807) is 14.2 Å². The van der Waals surface area contributed by atoms with Gasteiger partial charge in [0, 0.05) is 25.6 Å². The molecule has 3 aliphatic rings. The minimum atomic E-state index is -0.764. The molecular weight excluding hydrogens is 350 g/mol. The van der Waals surface area contributed by atoms with Crippen LogP contribution in [0.25, 0.3) is 0 Å². The number of hydrogen-bond donors (Lipinski definition) is 0. The molecule has 3 aliphatic heterocycles. The van der Waals surface area contributed by atoms with Crippen LogP contribution in [-0.2, 0) is 31.0 Å². The number of esters is 1. The third-order valence-corrected chi connectivity index (χ3v) is 6.28. The number of nitrogens with zero attached hydrogens (tertiary/aromatic N) is 1. The molecule has 1 unspecified atom stereocenters. The van der Waals surface area contributed by atoms with Crippen molar-refractivity contribution >= 4 is 5.97 Å². The highest BCUT2D eigenvalue weighted by Gasteiger charge is 2.60. The highest BCUT2D eigenvalue weighted by molar-refractivity contribution is 5.86. The fourth-order valence-electron chi connectivity index (χ4n) is 5.00. The van der Waals surface area contributed by atoms with Crippen LogP contribution >= 0.6 is 0 Å². The van der Waals surface area contributed by atoms with Gasteiger partial charge in [-0.2, -0.15) is 0 Å². The molecule has 0 aliphatic carbocycles. The Kier molecular flexibility index (Phi) is 4.56. The Bertz CT molecular complexity index is 744. The Hall–Kier alpha value is -1.83. The van der Waals surface area contributed by atoms with E-state index >= 15 is 0 Å². The zero-order chi connectivity index (χ0) is 19.2. The van der Waals surface area contributed by atoms with Gasteiger partial charge in [0.05, 0.1) is 34.5 Å². The lowest BCUT2D eigenvalue weighted by molar-refractivity contribution is -0.167. The molecule has 0 radical (unpaired) electrons. The first-order valence-electron chi connectivity index (χ1n) is 9.33. The molecule has 3 atom stereocenters. The summed E-state index contributed by atoms with van der Waals surface area (Å²) in [4.78, 5) is 15.5. The van der Waals surface area contributed by atoms with E-state index < -0.39 is 11.2 Å². The van der Waals surface area contributed by atoms with Crippen molar-refractivity contribution in [3.63, 3.8) is 0 Å². The highest BCUT2D eigenvalue weighted by Crippen LogP contribution is 2.52. The molecule has 7 heteroatoms. The van der Waals surface area contributed by atoms with E-state index in [1.165, 1.54) is 7.11 Å².